The van der Waals surface area contributed by atoms with E-state index in [1.807, 2.05) is 39.0 Å². The molecule has 1 aliphatic rings. The van der Waals surface area contributed by atoms with Crippen molar-refractivity contribution in [3.63, 3.8) is 0 Å². The van der Waals surface area contributed by atoms with Gasteiger partial charge in [0.15, 0.2) is 0 Å². The lowest BCUT2D eigenvalue weighted by Gasteiger charge is -2.24. The van der Waals surface area contributed by atoms with Gasteiger partial charge in [-0.1, -0.05) is 55.5 Å². The van der Waals surface area contributed by atoms with Crippen LogP contribution in [-0.4, -0.2) is 39.9 Å². The first-order chi connectivity index (χ1) is 14.3. The number of carbonyl (C=O) groups excluding carboxylic acids is 1. The van der Waals surface area contributed by atoms with Crippen LogP contribution in [0.25, 0.3) is 22.4 Å². The monoisotopic (exact) mass is 403 g/mol. The lowest BCUT2D eigenvalue weighted by Crippen LogP contribution is -2.35. The Morgan fingerprint density at radius 1 is 1.00 bits per heavy atom. The molecule has 4 rings (SSSR count). The number of hydrogen-bond acceptors (Lipinski definition) is 3. The zero-order valence-corrected chi connectivity index (χ0v) is 18.1. The van der Waals surface area contributed by atoms with Crippen LogP contribution in [0.2, 0.25) is 0 Å². The molecule has 2 aromatic carbocycles. The van der Waals surface area contributed by atoms with Crippen molar-refractivity contribution >= 4 is 6.09 Å². The molecule has 1 amide bonds. The number of aromatic amines is 1. The summed E-state index contributed by atoms with van der Waals surface area (Å²) < 4.78 is 5.55. The number of carbonyl (C=O) groups is 1. The van der Waals surface area contributed by atoms with E-state index in [1.54, 1.807) is 4.90 Å². The largest absolute Gasteiger partial charge is 0.444 e. The molecule has 1 aliphatic heterocycles. The highest BCUT2D eigenvalue weighted by Gasteiger charge is 2.36. The summed E-state index contributed by atoms with van der Waals surface area (Å²) >= 11 is 0. The minimum Gasteiger partial charge on any atom is -0.444 e. The molecule has 0 saturated carbocycles. The third-order valence-electron chi connectivity index (χ3n) is 5.53. The molecule has 0 bridgehead atoms. The van der Waals surface area contributed by atoms with Gasteiger partial charge in [0.1, 0.15) is 5.60 Å². The Morgan fingerprint density at radius 3 is 2.43 bits per heavy atom. The summed E-state index contributed by atoms with van der Waals surface area (Å²) in [5, 5.41) is 7.78. The number of H-pyrrole nitrogens is 1. The number of benzene rings is 2. The van der Waals surface area contributed by atoms with E-state index in [4.69, 9.17) is 4.74 Å². The van der Waals surface area contributed by atoms with Gasteiger partial charge in [0.2, 0.25) is 0 Å². The van der Waals surface area contributed by atoms with Crippen LogP contribution < -0.4 is 0 Å². The van der Waals surface area contributed by atoms with Gasteiger partial charge >= 0.3 is 6.09 Å². The smallest absolute Gasteiger partial charge is 0.410 e. The summed E-state index contributed by atoms with van der Waals surface area (Å²) in [6.45, 7) is 9.19. The van der Waals surface area contributed by atoms with Gasteiger partial charge in [-0.3, -0.25) is 5.10 Å². The summed E-state index contributed by atoms with van der Waals surface area (Å²) in [5.74, 6) is 0.553. The van der Waals surface area contributed by atoms with Crippen LogP contribution >= 0.6 is 0 Å². The second-order valence-electron chi connectivity index (χ2n) is 9.12. The fourth-order valence-corrected chi connectivity index (χ4v) is 4.01. The van der Waals surface area contributed by atoms with Gasteiger partial charge < -0.3 is 9.64 Å². The van der Waals surface area contributed by atoms with Crippen LogP contribution in [0.3, 0.4) is 0 Å². The highest BCUT2D eigenvalue weighted by molar-refractivity contribution is 5.71. The molecule has 1 unspecified atom stereocenters. The van der Waals surface area contributed by atoms with E-state index >= 15 is 0 Å². The number of amides is 1. The van der Waals surface area contributed by atoms with Crippen molar-refractivity contribution < 1.29 is 9.53 Å². The number of rotatable bonds is 3. The Kier molecular flexibility index (Phi) is 5.37. The van der Waals surface area contributed by atoms with Gasteiger partial charge in [-0.05, 0) is 49.9 Å². The molecular formula is C25H29N3O2. The molecule has 30 heavy (non-hydrogen) atoms. The Balaban J connectivity index is 1.52. The number of ether oxygens (including phenoxy) is 1. The third kappa shape index (κ3) is 4.40. The third-order valence-corrected chi connectivity index (χ3v) is 5.53. The normalized spacial score (nSPS) is 19.1. The molecule has 156 valence electrons. The molecule has 5 nitrogen and oxygen atoms in total. The molecule has 2 heterocycles. The van der Waals surface area contributed by atoms with E-state index in [9.17, 15) is 4.79 Å². The molecule has 0 aliphatic carbocycles. The second kappa shape index (κ2) is 7.98. The van der Waals surface area contributed by atoms with E-state index in [0.29, 0.717) is 19.0 Å². The minimum atomic E-state index is -0.483. The first-order valence-electron chi connectivity index (χ1n) is 10.5. The van der Waals surface area contributed by atoms with Crippen LogP contribution in [0.15, 0.2) is 60.7 Å². The zero-order chi connectivity index (χ0) is 21.3. The van der Waals surface area contributed by atoms with Gasteiger partial charge in [0.25, 0.3) is 0 Å². The number of nitrogens with one attached hydrogen (secondary N) is 1. The van der Waals surface area contributed by atoms with Crippen molar-refractivity contribution in [3.8, 4) is 22.4 Å². The minimum absolute atomic E-state index is 0.219. The fourth-order valence-electron chi connectivity index (χ4n) is 4.01. The lowest BCUT2D eigenvalue weighted by atomic mass is 9.94. The van der Waals surface area contributed by atoms with Crippen LogP contribution in [0.5, 0.6) is 0 Å². The molecule has 1 aromatic heterocycles. The van der Waals surface area contributed by atoms with Gasteiger partial charge in [-0.15, -0.1) is 0 Å². The highest BCUT2D eigenvalue weighted by atomic mass is 16.6. The molecule has 1 saturated heterocycles. The Bertz CT molecular complexity index is 1020. The van der Waals surface area contributed by atoms with Crippen molar-refractivity contribution in [1.82, 2.24) is 15.1 Å². The van der Waals surface area contributed by atoms with Crippen molar-refractivity contribution in [2.75, 3.05) is 13.1 Å². The summed E-state index contributed by atoms with van der Waals surface area (Å²) in [7, 11) is 0. The predicted molar refractivity (Wildman–Crippen MR) is 119 cm³/mol. The second-order valence-corrected chi connectivity index (χ2v) is 9.12. The van der Waals surface area contributed by atoms with Gasteiger partial charge in [0.05, 0.1) is 5.69 Å². The van der Waals surface area contributed by atoms with E-state index in [-0.39, 0.29) is 12.0 Å². The van der Waals surface area contributed by atoms with E-state index in [1.165, 1.54) is 11.1 Å². The highest BCUT2D eigenvalue weighted by Crippen LogP contribution is 2.34. The molecule has 0 radical (unpaired) electrons. The number of hydrogen-bond donors (Lipinski definition) is 1. The van der Waals surface area contributed by atoms with Crippen molar-refractivity contribution in [2.24, 2.45) is 5.92 Å². The molecule has 0 spiro atoms. The molecule has 1 fully saturated rings. The first kappa shape index (κ1) is 20.2. The zero-order valence-electron chi connectivity index (χ0n) is 18.1. The maximum absolute atomic E-state index is 12.5. The lowest BCUT2D eigenvalue weighted by molar-refractivity contribution is 0.0287. The maximum Gasteiger partial charge on any atom is 0.410 e. The van der Waals surface area contributed by atoms with Crippen molar-refractivity contribution in [1.29, 1.82) is 0 Å². The van der Waals surface area contributed by atoms with E-state index in [2.05, 4.69) is 59.6 Å². The molecular weight excluding hydrogens is 374 g/mol. The fraction of sp³-hybridized carbons (Fsp3) is 0.360. The summed E-state index contributed by atoms with van der Waals surface area (Å²) in [6.07, 6.45) is -0.243. The Morgan fingerprint density at radius 2 is 1.70 bits per heavy atom. The van der Waals surface area contributed by atoms with Crippen LogP contribution in [0, 0.1) is 5.92 Å². The average Bonchev–Trinajstić information content (AvgIpc) is 3.34. The Labute approximate surface area is 178 Å². The molecule has 3 aromatic rings. The summed E-state index contributed by atoms with van der Waals surface area (Å²) in [5.41, 5.74) is 4.94. The van der Waals surface area contributed by atoms with Crippen LogP contribution in [0.1, 0.15) is 39.3 Å². The quantitative estimate of drug-likeness (QED) is 0.609. The molecule has 1 N–H and O–H groups in total. The maximum atomic E-state index is 12.5. The van der Waals surface area contributed by atoms with E-state index < -0.39 is 5.60 Å². The van der Waals surface area contributed by atoms with Gasteiger partial charge in [0, 0.05) is 30.3 Å². The van der Waals surface area contributed by atoms with Crippen molar-refractivity contribution in [3.05, 3.63) is 66.4 Å². The van der Waals surface area contributed by atoms with E-state index in [0.717, 1.165) is 17.0 Å². The first-order valence-corrected chi connectivity index (χ1v) is 10.5. The average molecular weight is 404 g/mol. The number of likely N-dealkylation sites (tertiary alicyclic amines) is 1. The molecule has 5 heteroatoms. The van der Waals surface area contributed by atoms with Gasteiger partial charge in [-0.25, -0.2) is 4.79 Å². The number of nitrogens with zero attached hydrogens (tertiary/aromatic N) is 2. The van der Waals surface area contributed by atoms with Crippen LogP contribution in [0.4, 0.5) is 4.79 Å². The standard InChI is InChI=1S/C25H29N3O2/c1-17-15-28(24(29)30-25(2,3)4)16-21(17)23-14-22(26-27-23)20-12-8-11-19(13-20)18-9-6-5-7-10-18/h5-14,17,21H,15-16H2,1-4H3,(H,26,27)/t17?,21-/m1/s1. The molecule has 2 atom stereocenters. The predicted octanol–water partition coefficient (Wildman–Crippen LogP) is 5.71. The van der Waals surface area contributed by atoms with Crippen molar-refractivity contribution in [2.45, 2.75) is 39.2 Å². The Hall–Kier alpha value is -3.08. The summed E-state index contributed by atoms with van der Waals surface area (Å²) in [4.78, 5) is 14.3. The number of aromatic nitrogens is 2. The topological polar surface area (TPSA) is 58.2 Å². The SMILES string of the molecule is CC1CN(C(=O)OC(C)(C)C)C[C@H]1c1cc(-c2cccc(-c3ccccc3)c2)n[nH]1. The van der Waals surface area contributed by atoms with Gasteiger partial charge in [-0.2, -0.15) is 5.10 Å². The summed E-state index contributed by atoms with van der Waals surface area (Å²) in [6, 6.07) is 20.9. The van der Waals surface area contributed by atoms with Crippen LogP contribution in [-0.2, 0) is 4.74 Å².